The molecule has 3 rings (SSSR count). The molecule has 0 N–H and O–H groups in total. The maximum atomic E-state index is 5.39. The van der Waals surface area contributed by atoms with Gasteiger partial charge in [-0.1, -0.05) is 36.4 Å². The summed E-state index contributed by atoms with van der Waals surface area (Å²) in [5.41, 5.74) is 3.92. The van der Waals surface area contributed by atoms with Crippen LogP contribution in [0.4, 0.5) is 0 Å². The summed E-state index contributed by atoms with van der Waals surface area (Å²) >= 11 is 0. The number of aryl methyl sites for hydroxylation is 1. The van der Waals surface area contributed by atoms with Gasteiger partial charge in [-0.05, 0) is 48.2 Å². The van der Waals surface area contributed by atoms with E-state index in [1.807, 2.05) is 12.1 Å². The van der Waals surface area contributed by atoms with Crippen molar-refractivity contribution in [2.45, 2.75) is 12.8 Å². The predicted octanol–water partition coefficient (Wildman–Crippen LogP) is 3.63. The molecule has 1 aliphatic heterocycles. The van der Waals surface area contributed by atoms with Gasteiger partial charge in [-0.3, -0.25) is 4.90 Å². The molecule has 0 radical (unpaired) electrons. The second-order valence-electron chi connectivity index (χ2n) is 5.99. The van der Waals surface area contributed by atoms with Crippen molar-refractivity contribution < 1.29 is 9.47 Å². The van der Waals surface area contributed by atoms with Gasteiger partial charge in [-0.25, -0.2) is 0 Å². The van der Waals surface area contributed by atoms with Crippen LogP contribution in [0, 0.1) is 0 Å². The summed E-state index contributed by atoms with van der Waals surface area (Å²) < 4.78 is 10.6. The molecule has 2 aromatic carbocycles. The van der Waals surface area contributed by atoms with E-state index < -0.39 is 0 Å². The summed E-state index contributed by atoms with van der Waals surface area (Å²) in [7, 11) is 1.70. The van der Waals surface area contributed by atoms with Crippen LogP contribution in [0.1, 0.15) is 12.0 Å². The molecule has 1 heterocycles. The Morgan fingerprint density at radius 1 is 1.00 bits per heavy atom. The number of hydrogen-bond acceptors (Lipinski definition) is 3. The molecule has 23 heavy (non-hydrogen) atoms. The molecule has 0 amide bonds. The Kier molecular flexibility index (Phi) is 5.67. The van der Waals surface area contributed by atoms with E-state index in [0.29, 0.717) is 0 Å². The first kappa shape index (κ1) is 16.0. The Morgan fingerprint density at radius 2 is 1.78 bits per heavy atom. The Hall–Kier alpha value is -1.84. The zero-order chi connectivity index (χ0) is 15.9. The lowest BCUT2D eigenvalue weighted by Gasteiger charge is -2.26. The van der Waals surface area contributed by atoms with Crippen molar-refractivity contribution in [3.63, 3.8) is 0 Å². The highest BCUT2D eigenvalue weighted by molar-refractivity contribution is 5.64. The van der Waals surface area contributed by atoms with Gasteiger partial charge in [0.2, 0.25) is 0 Å². The predicted molar refractivity (Wildman–Crippen MR) is 94.0 cm³/mol. The van der Waals surface area contributed by atoms with E-state index >= 15 is 0 Å². The van der Waals surface area contributed by atoms with Crippen molar-refractivity contribution in [1.82, 2.24) is 4.90 Å². The minimum absolute atomic E-state index is 0.882. The topological polar surface area (TPSA) is 21.7 Å². The summed E-state index contributed by atoms with van der Waals surface area (Å²) in [5, 5.41) is 0. The fourth-order valence-corrected chi connectivity index (χ4v) is 3.02. The Balaban J connectivity index is 1.58. The molecule has 0 saturated carbocycles. The average molecular weight is 311 g/mol. The molecule has 0 unspecified atom stereocenters. The van der Waals surface area contributed by atoms with Gasteiger partial charge in [0.25, 0.3) is 0 Å². The highest BCUT2D eigenvalue weighted by Crippen LogP contribution is 2.23. The van der Waals surface area contributed by atoms with E-state index in [0.717, 1.165) is 45.0 Å². The molecular weight excluding hydrogens is 286 g/mol. The van der Waals surface area contributed by atoms with Gasteiger partial charge < -0.3 is 9.47 Å². The zero-order valence-electron chi connectivity index (χ0n) is 13.8. The van der Waals surface area contributed by atoms with Crippen molar-refractivity contribution >= 4 is 0 Å². The average Bonchev–Trinajstić information content (AvgIpc) is 2.63. The van der Waals surface area contributed by atoms with Gasteiger partial charge in [-0.2, -0.15) is 0 Å². The molecule has 1 fully saturated rings. The van der Waals surface area contributed by atoms with Crippen LogP contribution in [0.15, 0.2) is 48.5 Å². The van der Waals surface area contributed by atoms with Crippen LogP contribution in [0.2, 0.25) is 0 Å². The van der Waals surface area contributed by atoms with Gasteiger partial charge >= 0.3 is 0 Å². The second kappa shape index (κ2) is 8.14. The van der Waals surface area contributed by atoms with E-state index in [9.17, 15) is 0 Å². The lowest BCUT2D eigenvalue weighted by Crippen LogP contribution is -2.36. The monoisotopic (exact) mass is 311 g/mol. The van der Waals surface area contributed by atoms with Crippen molar-refractivity contribution in [3.05, 3.63) is 54.1 Å². The number of morpholine rings is 1. The van der Waals surface area contributed by atoms with E-state index in [1.54, 1.807) is 7.11 Å². The van der Waals surface area contributed by atoms with E-state index in [2.05, 4.69) is 41.3 Å². The minimum atomic E-state index is 0.882. The fraction of sp³-hybridized carbons (Fsp3) is 0.400. The number of nitrogens with zero attached hydrogens (tertiary/aromatic N) is 1. The number of ether oxygens (including phenoxy) is 2. The summed E-state index contributed by atoms with van der Waals surface area (Å²) in [6.45, 7) is 5.08. The highest BCUT2D eigenvalue weighted by Gasteiger charge is 2.09. The lowest BCUT2D eigenvalue weighted by molar-refractivity contribution is 0.0375. The standard InChI is InChI=1S/C20H25NO2/c1-22-20-9-7-18(8-10-20)19-6-2-4-17(16-19)5-3-11-21-12-14-23-15-13-21/h2,4,6-10,16H,3,5,11-15H2,1H3. The number of rotatable bonds is 6. The first-order valence-electron chi connectivity index (χ1n) is 8.38. The zero-order valence-corrected chi connectivity index (χ0v) is 13.8. The van der Waals surface area contributed by atoms with Crippen LogP contribution in [0.3, 0.4) is 0 Å². The van der Waals surface area contributed by atoms with Gasteiger partial charge in [0, 0.05) is 13.1 Å². The largest absolute Gasteiger partial charge is 0.497 e. The molecule has 0 spiro atoms. The van der Waals surface area contributed by atoms with Gasteiger partial charge in [0.05, 0.1) is 20.3 Å². The number of benzene rings is 2. The molecule has 1 aliphatic rings. The summed E-state index contributed by atoms with van der Waals surface area (Å²) in [4.78, 5) is 2.50. The van der Waals surface area contributed by atoms with Crippen LogP contribution in [0.5, 0.6) is 5.75 Å². The van der Waals surface area contributed by atoms with Gasteiger partial charge in [0.1, 0.15) is 5.75 Å². The Morgan fingerprint density at radius 3 is 2.52 bits per heavy atom. The third-order valence-electron chi connectivity index (χ3n) is 4.39. The van der Waals surface area contributed by atoms with Gasteiger partial charge in [0.15, 0.2) is 0 Å². The number of hydrogen-bond donors (Lipinski definition) is 0. The van der Waals surface area contributed by atoms with Crippen molar-refractivity contribution in [2.24, 2.45) is 0 Å². The second-order valence-corrected chi connectivity index (χ2v) is 5.99. The SMILES string of the molecule is COc1ccc(-c2cccc(CCCN3CCOCC3)c2)cc1. The van der Waals surface area contributed by atoms with E-state index in [-0.39, 0.29) is 0 Å². The maximum Gasteiger partial charge on any atom is 0.118 e. The van der Waals surface area contributed by atoms with Gasteiger partial charge in [-0.15, -0.1) is 0 Å². The minimum Gasteiger partial charge on any atom is -0.497 e. The van der Waals surface area contributed by atoms with Crippen LogP contribution in [0.25, 0.3) is 11.1 Å². The molecule has 122 valence electrons. The summed E-state index contributed by atoms with van der Waals surface area (Å²) in [5.74, 6) is 0.899. The maximum absolute atomic E-state index is 5.39. The first-order chi connectivity index (χ1) is 11.3. The molecule has 3 nitrogen and oxygen atoms in total. The van der Waals surface area contributed by atoms with Crippen molar-refractivity contribution in [3.8, 4) is 16.9 Å². The molecule has 3 heteroatoms. The fourth-order valence-electron chi connectivity index (χ4n) is 3.02. The van der Waals surface area contributed by atoms with Crippen molar-refractivity contribution in [1.29, 1.82) is 0 Å². The molecule has 0 aromatic heterocycles. The lowest BCUT2D eigenvalue weighted by atomic mass is 10.0. The van der Waals surface area contributed by atoms with Crippen LogP contribution in [-0.2, 0) is 11.2 Å². The molecular formula is C20H25NO2. The van der Waals surface area contributed by atoms with Crippen LogP contribution in [-0.4, -0.2) is 44.9 Å². The Labute approximate surface area is 138 Å². The van der Waals surface area contributed by atoms with E-state index in [4.69, 9.17) is 9.47 Å². The molecule has 2 aromatic rings. The smallest absolute Gasteiger partial charge is 0.118 e. The third-order valence-corrected chi connectivity index (χ3v) is 4.39. The Bertz CT molecular complexity index is 603. The molecule has 0 bridgehead atoms. The van der Waals surface area contributed by atoms with Crippen molar-refractivity contribution in [2.75, 3.05) is 40.0 Å². The van der Waals surface area contributed by atoms with Crippen LogP contribution < -0.4 is 4.74 Å². The van der Waals surface area contributed by atoms with Crippen LogP contribution >= 0.6 is 0 Å². The number of methoxy groups -OCH3 is 1. The summed E-state index contributed by atoms with van der Waals surface area (Å²) in [6, 6.07) is 17.1. The normalized spacial score (nSPS) is 15.5. The van der Waals surface area contributed by atoms with E-state index in [1.165, 1.54) is 23.1 Å². The molecule has 0 atom stereocenters. The first-order valence-corrected chi connectivity index (χ1v) is 8.38. The molecule has 0 aliphatic carbocycles. The summed E-state index contributed by atoms with van der Waals surface area (Å²) in [6.07, 6.45) is 2.33. The highest BCUT2D eigenvalue weighted by atomic mass is 16.5. The molecule has 1 saturated heterocycles. The quantitative estimate of drug-likeness (QED) is 0.813. The third kappa shape index (κ3) is 4.57.